The zero-order valence-electron chi connectivity index (χ0n) is 21.8. The second kappa shape index (κ2) is 9.37. The van der Waals surface area contributed by atoms with Gasteiger partial charge in [0.05, 0.1) is 0 Å². The van der Waals surface area contributed by atoms with Crippen molar-refractivity contribution in [1.82, 2.24) is 0 Å². The molecule has 0 radical (unpaired) electrons. The minimum atomic E-state index is 1.14. The van der Waals surface area contributed by atoms with Crippen molar-refractivity contribution >= 4 is 70.1 Å². The summed E-state index contributed by atoms with van der Waals surface area (Å²) >= 11 is 1.88. The summed E-state index contributed by atoms with van der Waals surface area (Å²) in [5.74, 6) is 0. The van der Waals surface area contributed by atoms with Crippen LogP contribution in [0.4, 0.5) is 17.1 Å². The van der Waals surface area contributed by atoms with Crippen LogP contribution in [0, 0.1) is 0 Å². The first-order chi connectivity index (χ1) is 19.8. The van der Waals surface area contributed by atoms with Crippen LogP contribution in [0.3, 0.4) is 0 Å². The highest BCUT2D eigenvalue weighted by Gasteiger charge is 2.15. The Kier molecular flexibility index (Phi) is 5.39. The third-order valence-electron chi connectivity index (χ3n) is 7.82. The Bertz CT molecular complexity index is 2100. The van der Waals surface area contributed by atoms with Gasteiger partial charge in [-0.3, -0.25) is 0 Å². The summed E-state index contributed by atoms with van der Waals surface area (Å²) in [6, 6.07) is 54.9. The van der Waals surface area contributed by atoms with Gasteiger partial charge in [0, 0.05) is 37.2 Å². The van der Waals surface area contributed by atoms with Gasteiger partial charge in [0.1, 0.15) is 0 Å². The average molecular weight is 528 g/mol. The highest BCUT2D eigenvalue weighted by atomic mass is 32.1. The molecule has 0 saturated heterocycles. The second-order valence-corrected chi connectivity index (χ2v) is 11.3. The Morgan fingerprint density at radius 1 is 0.375 bits per heavy atom. The highest BCUT2D eigenvalue weighted by Crippen LogP contribution is 2.42. The molecule has 8 rings (SSSR count). The summed E-state index contributed by atoms with van der Waals surface area (Å²) < 4.78 is 2.67. The predicted molar refractivity (Wildman–Crippen MR) is 174 cm³/mol. The van der Waals surface area contributed by atoms with E-state index in [0.29, 0.717) is 0 Å². The van der Waals surface area contributed by atoms with Crippen LogP contribution in [0.25, 0.3) is 52.8 Å². The molecular formula is C38H25NS. The van der Waals surface area contributed by atoms with Gasteiger partial charge in [0.25, 0.3) is 0 Å². The molecule has 0 saturated carbocycles. The summed E-state index contributed by atoms with van der Waals surface area (Å²) in [5.41, 5.74) is 5.92. The lowest BCUT2D eigenvalue weighted by Crippen LogP contribution is -2.09. The third-order valence-corrected chi connectivity index (χ3v) is 8.96. The van der Waals surface area contributed by atoms with Gasteiger partial charge < -0.3 is 4.90 Å². The van der Waals surface area contributed by atoms with Crippen molar-refractivity contribution in [2.75, 3.05) is 4.90 Å². The molecule has 188 valence electrons. The molecule has 0 atom stereocenters. The SMILES string of the molecule is c1ccc(N(c2ccccc2)c2ccc(-c3cc4ccccc4c4cc5c(cc34)sc3ccccc35)cc2)cc1. The Labute approximate surface area is 237 Å². The van der Waals surface area contributed by atoms with Crippen LogP contribution in [0.15, 0.2) is 152 Å². The van der Waals surface area contributed by atoms with E-state index in [4.69, 9.17) is 0 Å². The average Bonchev–Trinajstić information content (AvgIpc) is 3.39. The number of hydrogen-bond acceptors (Lipinski definition) is 2. The summed E-state index contributed by atoms with van der Waals surface area (Å²) in [6.45, 7) is 0. The first kappa shape index (κ1) is 23.0. The van der Waals surface area contributed by atoms with Gasteiger partial charge in [-0.1, -0.05) is 91.0 Å². The van der Waals surface area contributed by atoms with E-state index >= 15 is 0 Å². The van der Waals surface area contributed by atoms with Crippen LogP contribution in [-0.4, -0.2) is 0 Å². The molecule has 8 aromatic rings. The fraction of sp³-hybridized carbons (Fsp3) is 0. The lowest BCUT2D eigenvalue weighted by Gasteiger charge is -2.25. The van der Waals surface area contributed by atoms with E-state index < -0.39 is 0 Å². The number of rotatable bonds is 4. The number of anilines is 3. The Hall–Kier alpha value is -4.92. The van der Waals surface area contributed by atoms with Gasteiger partial charge >= 0.3 is 0 Å². The van der Waals surface area contributed by atoms with Crippen molar-refractivity contribution in [3.63, 3.8) is 0 Å². The van der Waals surface area contributed by atoms with E-state index in [2.05, 4.69) is 157 Å². The molecule has 0 N–H and O–H groups in total. The molecule has 0 unspecified atom stereocenters. The number of fused-ring (bicyclic) bond motifs is 6. The van der Waals surface area contributed by atoms with Crippen LogP contribution in [0.2, 0.25) is 0 Å². The summed E-state index contributed by atoms with van der Waals surface area (Å²) in [5, 5.41) is 7.85. The molecule has 0 aliphatic heterocycles. The van der Waals surface area contributed by atoms with E-state index in [1.807, 2.05) is 11.3 Å². The predicted octanol–water partition coefficient (Wildman–Crippen LogP) is 11.5. The summed E-state index contributed by atoms with van der Waals surface area (Å²) in [7, 11) is 0. The molecule has 0 aliphatic rings. The quantitative estimate of drug-likeness (QED) is 0.206. The van der Waals surface area contributed by atoms with E-state index in [9.17, 15) is 0 Å². The summed E-state index contributed by atoms with van der Waals surface area (Å²) in [6.07, 6.45) is 0. The van der Waals surface area contributed by atoms with E-state index in [0.717, 1.165) is 17.1 Å². The van der Waals surface area contributed by atoms with Crippen LogP contribution in [0.1, 0.15) is 0 Å². The van der Waals surface area contributed by atoms with Crippen LogP contribution in [0.5, 0.6) is 0 Å². The molecule has 40 heavy (non-hydrogen) atoms. The molecular weight excluding hydrogens is 502 g/mol. The van der Waals surface area contributed by atoms with Crippen LogP contribution >= 0.6 is 11.3 Å². The number of thiophene rings is 1. The van der Waals surface area contributed by atoms with Crippen molar-refractivity contribution in [3.05, 3.63) is 152 Å². The van der Waals surface area contributed by atoms with Crippen LogP contribution in [-0.2, 0) is 0 Å². The normalized spacial score (nSPS) is 11.5. The number of nitrogens with zero attached hydrogens (tertiary/aromatic N) is 1. The zero-order chi connectivity index (χ0) is 26.5. The fourth-order valence-corrected chi connectivity index (χ4v) is 7.08. The molecule has 0 aliphatic carbocycles. The topological polar surface area (TPSA) is 3.24 Å². The first-order valence-electron chi connectivity index (χ1n) is 13.6. The van der Waals surface area contributed by atoms with E-state index in [1.54, 1.807) is 0 Å². The van der Waals surface area contributed by atoms with Gasteiger partial charge in [0.15, 0.2) is 0 Å². The molecule has 0 amide bonds. The number of hydrogen-bond donors (Lipinski definition) is 0. The van der Waals surface area contributed by atoms with E-state index in [1.165, 1.54) is 52.8 Å². The van der Waals surface area contributed by atoms with Gasteiger partial charge in [-0.15, -0.1) is 11.3 Å². The highest BCUT2D eigenvalue weighted by molar-refractivity contribution is 7.25. The van der Waals surface area contributed by atoms with Gasteiger partial charge in [0.2, 0.25) is 0 Å². The Morgan fingerprint density at radius 2 is 0.975 bits per heavy atom. The van der Waals surface area contributed by atoms with Crippen molar-refractivity contribution in [2.24, 2.45) is 0 Å². The number of para-hydroxylation sites is 2. The van der Waals surface area contributed by atoms with Gasteiger partial charge in [-0.25, -0.2) is 0 Å². The lowest BCUT2D eigenvalue weighted by atomic mass is 9.92. The molecule has 1 aromatic heterocycles. The van der Waals surface area contributed by atoms with Gasteiger partial charge in [-0.05, 0) is 93.3 Å². The molecule has 1 heterocycles. The van der Waals surface area contributed by atoms with Crippen molar-refractivity contribution in [2.45, 2.75) is 0 Å². The maximum Gasteiger partial charge on any atom is 0.0462 e. The monoisotopic (exact) mass is 527 g/mol. The third kappa shape index (κ3) is 3.77. The molecule has 7 aromatic carbocycles. The molecule has 2 heteroatoms. The molecule has 0 spiro atoms. The largest absolute Gasteiger partial charge is 0.311 e. The first-order valence-corrected chi connectivity index (χ1v) is 14.4. The lowest BCUT2D eigenvalue weighted by molar-refractivity contribution is 1.28. The molecule has 0 bridgehead atoms. The second-order valence-electron chi connectivity index (χ2n) is 10.2. The van der Waals surface area contributed by atoms with Gasteiger partial charge in [-0.2, -0.15) is 0 Å². The Morgan fingerprint density at radius 3 is 1.70 bits per heavy atom. The smallest absolute Gasteiger partial charge is 0.0462 e. The maximum atomic E-state index is 2.41. The van der Waals surface area contributed by atoms with E-state index in [-0.39, 0.29) is 0 Å². The van der Waals surface area contributed by atoms with Crippen molar-refractivity contribution in [3.8, 4) is 11.1 Å². The number of benzene rings is 7. The van der Waals surface area contributed by atoms with Crippen LogP contribution < -0.4 is 4.90 Å². The molecule has 1 nitrogen and oxygen atoms in total. The zero-order valence-corrected chi connectivity index (χ0v) is 22.6. The maximum absolute atomic E-state index is 2.41. The minimum absolute atomic E-state index is 1.14. The molecule has 0 fully saturated rings. The standard InChI is InChI=1S/C38H25NS/c1-3-12-28(13-4-1)39(29-14-5-2-6-15-29)30-21-19-26(20-22-30)33-23-27-11-7-8-16-31(27)34-24-36-32-17-9-10-18-37(32)40-38(36)25-35(33)34/h1-25H. The summed E-state index contributed by atoms with van der Waals surface area (Å²) in [4.78, 5) is 2.31. The van der Waals surface area contributed by atoms with Crippen molar-refractivity contribution in [1.29, 1.82) is 0 Å². The minimum Gasteiger partial charge on any atom is -0.311 e. The fourth-order valence-electron chi connectivity index (χ4n) is 5.95. The Balaban J connectivity index is 1.33. The van der Waals surface area contributed by atoms with Crippen molar-refractivity contribution < 1.29 is 0 Å².